The van der Waals surface area contributed by atoms with E-state index in [2.05, 4.69) is 16.8 Å². The number of urea groups is 1. The van der Waals surface area contributed by atoms with Crippen LogP contribution in [0.5, 0.6) is 5.75 Å². The maximum absolute atomic E-state index is 13.4. The van der Waals surface area contributed by atoms with Crippen LogP contribution in [0, 0.1) is 5.82 Å². The van der Waals surface area contributed by atoms with Gasteiger partial charge in [0.25, 0.3) is 0 Å². The summed E-state index contributed by atoms with van der Waals surface area (Å²) in [6.45, 7) is 2.32. The van der Waals surface area contributed by atoms with E-state index in [9.17, 15) is 9.18 Å². The van der Waals surface area contributed by atoms with E-state index in [0.717, 1.165) is 13.0 Å². The molecule has 1 aliphatic heterocycles. The lowest BCUT2D eigenvalue weighted by molar-refractivity contribution is 0.191. The monoisotopic (exact) mass is 334 g/mol. The van der Waals surface area contributed by atoms with Crippen LogP contribution in [-0.2, 0) is 13.0 Å². The van der Waals surface area contributed by atoms with Crippen molar-refractivity contribution in [1.29, 1.82) is 0 Å². The molecule has 1 aromatic carbocycles. The number of rotatable bonds is 5. The van der Waals surface area contributed by atoms with Gasteiger partial charge in [-0.2, -0.15) is 0 Å². The number of para-hydroxylation sites is 1. The van der Waals surface area contributed by atoms with Crippen molar-refractivity contribution in [1.82, 2.24) is 10.2 Å². The van der Waals surface area contributed by atoms with Gasteiger partial charge in [0.05, 0.1) is 6.61 Å². The van der Waals surface area contributed by atoms with E-state index in [1.165, 1.54) is 16.5 Å². The molecule has 4 nitrogen and oxygen atoms in total. The lowest BCUT2D eigenvalue weighted by Crippen LogP contribution is -2.42. The second-order valence-corrected chi connectivity index (χ2v) is 6.41. The molecule has 0 unspecified atom stereocenters. The Balaban J connectivity index is 1.36. The molecule has 0 atom stereocenters. The third kappa shape index (κ3) is 4.01. The van der Waals surface area contributed by atoms with Crippen molar-refractivity contribution in [2.45, 2.75) is 19.4 Å². The van der Waals surface area contributed by atoms with Crippen molar-refractivity contribution >= 4 is 17.4 Å². The maximum Gasteiger partial charge on any atom is 0.317 e. The minimum absolute atomic E-state index is 0.0484. The van der Waals surface area contributed by atoms with Gasteiger partial charge in [-0.3, -0.25) is 0 Å². The van der Waals surface area contributed by atoms with E-state index in [4.69, 9.17) is 4.74 Å². The predicted molar refractivity (Wildman–Crippen MR) is 88.3 cm³/mol. The zero-order valence-electron chi connectivity index (χ0n) is 12.8. The van der Waals surface area contributed by atoms with Gasteiger partial charge in [-0.15, -0.1) is 11.3 Å². The fraction of sp³-hybridized carbons (Fsp3) is 0.353. The number of hydrogen-bond donors (Lipinski definition) is 1. The molecule has 2 heterocycles. The standard InChI is InChI=1S/C17H19FN2O2S/c18-14-4-1-2-5-15(14)22-10-3-8-19-17(21)20-9-6-16-13(12-20)7-11-23-16/h1-2,4-5,7,11H,3,6,8-10,12H2,(H,19,21). The SMILES string of the molecule is O=C(NCCCOc1ccccc1F)N1CCc2sccc2C1. The second kappa shape index (κ2) is 7.46. The lowest BCUT2D eigenvalue weighted by Gasteiger charge is -2.27. The molecular weight excluding hydrogens is 315 g/mol. The van der Waals surface area contributed by atoms with Crippen LogP contribution in [0.3, 0.4) is 0 Å². The van der Waals surface area contributed by atoms with Gasteiger partial charge in [-0.05, 0) is 42.0 Å². The molecule has 1 aromatic heterocycles. The molecule has 0 radical (unpaired) electrons. The molecule has 0 fully saturated rings. The summed E-state index contributed by atoms with van der Waals surface area (Å²) in [7, 11) is 0. The molecule has 2 amide bonds. The number of nitrogens with one attached hydrogen (secondary N) is 1. The summed E-state index contributed by atoms with van der Waals surface area (Å²) < 4.78 is 18.7. The first kappa shape index (κ1) is 15.8. The number of benzene rings is 1. The number of nitrogens with zero attached hydrogens (tertiary/aromatic N) is 1. The minimum atomic E-state index is -0.364. The zero-order chi connectivity index (χ0) is 16.1. The van der Waals surface area contributed by atoms with Gasteiger partial charge in [0.2, 0.25) is 0 Å². The Morgan fingerprint density at radius 3 is 3.09 bits per heavy atom. The van der Waals surface area contributed by atoms with Crippen LogP contribution in [0.2, 0.25) is 0 Å². The summed E-state index contributed by atoms with van der Waals surface area (Å²) in [5, 5.41) is 4.97. The van der Waals surface area contributed by atoms with E-state index >= 15 is 0 Å². The molecule has 2 aromatic rings. The van der Waals surface area contributed by atoms with Gasteiger partial charge in [0.15, 0.2) is 11.6 Å². The van der Waals surface area contributed by atoms with Crippen LogP contribution in [0.15, 0.2) is 35.7 Å². The van der Waals surface area contributed by atoms with Gasteiger partial charge in [0.1, 0.15) is 0 Å². The number of halogens is 1. The third-order valence-corrected chi connectivity index (χ3v) is 4.81. The summed E-state index contributed by atoms with van der Waals surface area (Å²) in [5.74, 6) is -0.115. The largest absolute Gasteiger partial charge is 0.490 e. The molecule has 1 N–H and O–H groups in total. The first-order valence-corrected chi connectivity index (χ1v) is 8.57. The molecule has 0 saturated carbocycles. The van der Waals surface area contributed by atoms with Crippen molar-refractivity contribution in [2.75, 3.05) is 19.7 Å². The average Bonchev–Trinajstić information content (AvgIpc) is 3.03. The van der Waals surface area contributed by atoms with E-state index in [0.29, 0.717) is 26.1 Å². The molecule has 0 aliphatic carbocycles. The normalized spacial score (nSPS) is 13.5. The maximum atomic E-state index is 13.4. The summed E-state index contributed by atoms with van der Waals surface area (Å²) in [5.41, 5.74) is 1.25. The molecular formula is C17H19FN2O2S. The third-order valence-electron chi connectivity index (χ3n) is 3.79. The van der Waals surface area contributed by atoms with Crippen LogP contribution < -0.4 is 10.1 Å². The fourth-order valence-corrected chi connectivity index (χ4v) is 3.43. The van der Waals surface area contributed by atoms with Gasteiger partial charge in [-0.1, -0.05) is 12.1 Å². The Labute approximate surface area is 138 Å². The number of amides is 2. The summed E-state index contributed by atoms with van der Waals surface area (Å²) in [4.78, 5) is 15.3. The van der Waals surface area contributed by atoms with Crippen molar-refractivity contribution in [3.63, 3.8) is 0 Å². The molecule has 1 aliphatic rings. The van der Waals surface area contributed by atoms with Crippen molar-refractivity contribution < 1.29 is 13.9 Å². The fourth-order valence-electron chi connectivity index (χ4n) is 2.55. The first-order valence-electron chi connectivity index (χ1n) is 7.69. The Bertz CT molecular complexity index is 674. The summed E-state index contributed by atoms with van der Waals surface area (Å²) >= 11 is 1.76. The molecule has 0 saturated heterocycles. The van der Waals surface area contributed by atoms with Crippen LogP contribution >= 0.6 is 11.3 Å². The van der Waals surface area contributed by atoms with E-state index in [1.807, 2.05) is 4.90 Å². The number of carbonyl (C=O) groups is 1. The zero-order valence-corrected chi connectivity index (χ0v) is 13.6. The van der Waals surface area contributed by atoms with Crippen LogP contribution in [0.25, 0.3) is 0 Å². The smallest absolute Gasteiger partial charge is 0.317 e. The Hall–Kier alpha value is -2.08. The van der Waals surface area contributed by atoms with E-state index in [1.54, 1.807) is 29.5 Å². The van der Waals surface area contributed by atoms with Crippen molar-refractivity contribution in [2.24, 2.45) is 0 Å². The second-order valence-electron chi connectivity index (χ2n) is 5.40. The Morgan fingerprint density at radius 1 is 1.35 bits per heavy atom. The highest BCUT2D eigenvalue weighted by atomic mass is 32.1. The van der Waals surface area contributed by atoms with E-state index < -0.39 is 0 Å². The van der Waals surface area contributed by atoms with Crippen molar-refractivity contribution in [3.05, 3.63) is 52.0 Å². The minimum Gasteiger partial charge on any atom is -0.490 e. The number of ether oxygens (including phenoxy) is 1. The summed E-state index contributed by atoms with van der Waals surface area (Å²) in [6, 6.07) is 8.36. The molecule has 0 spiro atoms. The molecule has 6 heteroatoms. The molecule has 3 rings (SSSR count). The van der Waals surface area contributed by atoms with Gasteiger partial charge < -0.3 is 15.0 Å². The average molecular weight is 334 g/mol. The molecule has 23 heavy (non-hydrogen) atoms. The highest BCUT2D eigenvalue weighted by molar-refractivity contribution is 7.10. The number of fused-ring (bicyclic) bond motifs is 1. The predicted octanol–water partition coefficient (Wildman–Crippen LogP) is 3.42. The number of hydrogen-bond acceptors (Lipinski definition) is 3. The van der Waals surface area contributed by atoms with Gasteiger partial charge in [-0.25, -0.2) is 9.18 Å². The molecule has 0 bridgehead atoms. The Kier molecular flexibility index (Phi) is 5.12. The lowest BCUT2D eigenvalue weighted by atomic mass is 10.1. The summed E-state index contributed by atoms with van der Waals surface area (Å²) in [6.07, 6.45) is 1.56. The Morgan fingerprint density at radius 2 is 2.22 bits per heavy atom. The van der Waals surface area contributed by atoms with Crippen LogP contribution in [0.4, 0.5) is 9.18 Å². The quantitative estimate of drug-likeness (QED) is 0.851. The topological polar surface area (TPSA) is 41.6 Å². The first-order chi connectivity index (χ1) is 11.2. The highest BCUT2D eigenvalue weighted by Gasteiger charge is 2.20. The highest BCUT2D eigenvalue weighted by Crippen LogP contribution is 2.23. The molecule has 122 valence electrons. The van der Waals surface area contributed by atoms with Crippen LogP contribution in [-0.4, -0.2) is 30.6 Å². The van der Waals surface area contributed by atoms with Crippen LogP contribution in [0.1, 0.15) is 16.9 Å². The van der Waals surface area contributed by atoms with Crippen molar-refractivity contribution in [3.8, 4) is 5.75 Å². The number of thiophene rings is 1. The van der Waals surface area contributed by atoms with Gasteiger partial charge in [0, 0.05) is 24.5 Å². The van der Waals surface area contributed by atoms with E-state index in [-0.39, 0.29) is 17.6 Å². The number of carbonyl (C=O) groups excluding carboxylic acids is 1. The van der Waals surface area contributed by atoms with Gasteiger partial charge >= 0.3 is 6.03 Å².